The number of likely N-dealkylation sites (tertiary alicyclic amines) is 1. The van der Waals surface area contributed by atoms with Crippen molar-refractivity contribution in [3.05, 3.63) is 60.1 Å². The van der Waals surface area contributed by atoms with Gasteiger partial charge in [-0.1, -0.05) is 18.2 Å². The highest BCUT2D eigenvalue weighted by Crippen LogP contribution is 2.20. The fourth-order valence-electron chi connectivity index (χ4n) is 3.00. The van der Waals surface area contributed by atoms with Crippen molar-refractivity contribution in [2.45, 2.75) is 18.9 Å². The summed E-state index contributed by atoms with van der Waals surface area (Å²) >= 11 is 0. The van der Waals surface area contributed by atoms with Crippen LogP contribution in [0.2, 0.25) is 0 Å². The third-order valence-electron chi connectivity index (χ3n) is 4.29. The van der Waals surface area contributed by atoms with Gasteiger partial charge in [-0.2, -0.15) is 0 Å². The van der Waals surface area contributed by atoms with Crippen LogP contribution in [-0.4, -0.2) is 48.3 Å². The molecule has 2 aromatic rings. The maximum atomic E-state index is 12.4. The van der Waals surface area contributed by atoms with Crippen molar-refractivity contribution in [3.63, 3.8) is 0 Å². The average molecular weight is 355 g/mol. The van der Waals surface area contributed by atoms with Crippen molar-refractivity contribution >= 4 is 17.7 Å². The first kappa shape index (κ1) is 17.7. The molecule has 1 aromatic carbocycles. The van der Waals surface area contributed by atoms with E-state index < -0.39 is 6.04 Å². The van der Waals surface area contributed by atoms with E-state index >= 15 is 0 Å². The molecule has 2 N–H and O–H groups in total. The van der Waals surface area contributed by atoms with Crippen molar-refractivity contribution in [3.8, 4) is 0 Å². The van der Waals surface area contributed by atoms with Crippen molar-refractivity contribution in [1.82, 2.24) is 15.5 Å². The number of nitrogens with zero attached hydrogens (tertiary/aromatic N) is 1. The van der Waals surface area contributed by atoms with Gasteiger partial charge in [0.25, 0.3) is 11.8 Å². The van der Waals surface area contributed by atoms with Gasteiger partial charge in [0.2, 0.25) is 5.91 Å². The molecule has 1 aliphatic heterocycles. The minimum Gasteiger partial charge on any atom is -0.459 e. The van der Waals surface area contributed by atoms with E-state index in [4.69, 9.17) is 4.42 Å². The van der Waals surface area contributed by atoms with E-state index in [1.807, 2.05) is 6.07 Å². The van der Waals surface area contributed by atoms with E-state index in [9.17, 15) is 14.4 Å². The molecule has 1 aliphatic rings. The molecule has 0 spiro atoms. The van der Waals surface area contributed by atoms with Gasteiger partial charge in [-0.15, -0.1) is 0 Å². The fraction of sp³-hybridized carbons (Fsp3) is 0.316. The molecule has 3 rings (SSSR count). The lowest BCUT2D eigenvalue weighted by molar-refractivity contribution is -0.124. The summed E-state index contributed by atoms with van der Waals surface area (Å²) in [6.45, 7) is 1.15. The van der Waals surface area contributed by atoms with Gasteiger partial charge in [0, 0.05) is 25.2 Å². The summed E-state index contributed by atoms with van der Waals surface area (Å²) in [6.07, 6.45) is 2.83. The second-order valence-corrected chi connectivity index (χ2v) is 6.05. The zero-order valence-electron chi connectivity index (χ0n) is 14.3. The maximum Gasteiger partial charge on any atom is 0.290 e. The number of hydrogen-bond donors (Lipinski definition) is 2. The number of hydrogen-bond acceptors (Lipinski definition) is 4. The first-order valence-electron chi connectivity index (χ1n) is 8.62. The molecule has 0 aliphatic carbocycles. The van der Waals surface area contributed by atoms with Gasteiger partial charge in [0.15, 0.2) is 5.76 Å². The van der Waals surface area contributed by atoms with Crippen LogP contribution in [0.15, 0.2) is 53.1 Å². The highest BCUT2D eigenvalue weighted by Gasteiger charge is 2.35. The summed E-state index contributed by atoms with van der Waals surface area (Å²) in [5, 5.41) is 5.54. The lowest BCUT2D eigenvalue weighted by atomic mass is 10.2. The highest BCUT2D eigenvalue weighted by atomic mass is 16.3. The zero-order chi connectivity index (χ0) is 18.4. The summed E-state index contributed by atoms with van der Waals surface area (Å²) in [4.78, 5) is 38.3. The van der Waals surface area contributed by atoms with Crippen LogP contribution in [0.1, 0.15) is 33.8 Å². The minimum absolute atomic E-state index is 0.185. The second-order valence-electron chi connectivity index (χ2n) is 6.05. The third kappa shape index (κ3) is 4.11. The first-order valence-corrected chi connectivity index (χ1v) is 8.62. The van der Waals surface area contributed by atoms with Crippen molar-refractivity contribution in [1.29, 1.82) is 0 Å². The molecule has 26 heavy (non-hydrogen) atoms. The molecule has 136 valence electrons. The Labute approximate surface area is 151 Å². The van der Waals surface area contributed by atoms with Gasteiger partial charge in [-0.25, -0.2) is 0 Å². The van der Waals surface area contributed by atoms with E-state index in [1.54, 1.807) is 36.4 Å². The summed E-state index contributed by atoms with van der Waals surface area (Å²) < 4.78 is 5.13. The van der Waals surface area contributed by atoms with Crippen molar-refractivity contribution in [2.75, 3.05) is 19.6 Å². The number of carbonyl (C=O) groups is 3. The molecule has 1 atom stereocenters. The monoisotopic (exact) mass is 355 g/mol. The van der Waals surface area contributed by atoms with Gasteiger partial charge >= 0.3 is 0 Å². The molecule has 3 amide bonds. The molecule has 0 unspecified atom stereocenters. The standard InChI is InChI=1S/C19H21N3O4/c23-17(14-6-2-1-3-7-14)20-10-11-21-18(24)15-8-4-12-22(15)19(25)16-9-5-13-26-16/h1-3,5-7,9,13,15H,4,8,10-12H2,(H,20,23)(H,21,24)/t15-/m1/s1. The topological polar surface area (TPSA) is 91.7 Å². The molecular weight excluding hydrogens is 334 g/mol. The normalized spacial score (nSPS) is 16.3. The van der Waals surface area contributed by atoms with Crippen LogP contribution < -0.4 is 10.6 Å². The number of rotatable bonds is 6. The van der Waals surface area contributed by atoms with Gasteiger partial charge in [-0.05, 0) is 37.1 Å². The first-order chi connectivity index (χ1) is 12.7. The van der Waals surface area contributed by atoms with Crippen LogP contribution in [0.3, 0.4) is 0 Å². The molecule has 0 bridgehead atoms. The molecular formula is C19H21N3O4. The van der Waals surface area contributed by atoms with Crippen LogP contribution >= 0.6 is 0 Å². The van der Waals surface area contributed by atoms with E-state index in [-0.39, 0.29) is 23.5 Å². The Bertz CT molecular complexity index is 758. The van der Waals surface area contributed by atoms with Crippen LogP contribution in [-0.2, 0) is 4.79 Å². The van der Waals surface area contributed by atoms with Crippen LogP contribution in [0.4, 0.5) is 0 Å². The van der Waals surface area contributed by atoms with Crippen molar-refractivity contribution < 1.29 is 18.8 Å². The molecule has 1 saturated heterocycles. The smallest absolute Gasteiger partial charge is 0.290 e. The largest absolute Gasteiger partial charge is 0.459 e. The Balaban J connectivity index is 1.45. The molecule has 0 saturated carbocycles. The van der Waals surface area contributed by atoms with Gasteiger partial charge < -0.3 is 20.0 Å². The lowest BCUT2D eigenvalue weighted by Gasteiger charge is -2.23. The van der Waals surface area contributed by atoms with Crippen LogP contribution in [0.5, 0.6) is 0 Å². The number of furan rings is 1. The van der Waals surface area contributed by atoms with E-state index in [2.05, 4.69) is 10.6 Å². The lowest BCUT2D eigenvalue weighted by Crippen LogP contribution is -2.47. The summed E-state index contributed by atoms with van der Waals surface area (Å²) in [5.74, 6) is -0.434. The number of carbonyl (C=O) groups excluding carboxylic acids is 3. The zero-order valence-corrected chi connectivity index (χ0v) is 14.3. The molecule has 1 fully saturated rings. The fourth-order valence-corrected chi connectivity index (χ4v) is 3.00. The summed E-state index contributed by atoms with van der Waals surface area (Å²) in [5.41, 5.74) is 0.574. The Morgan fingerprint density at radius 2 is 1.81 bits per heavy atom. The summed E-state index contributed by atoms with van der Waals surface area (Å²) in [7, 11) is 0. The van der Waals surface area contributed by atoms with E-state index in [1.165, 1.54) is 11.2 Å². The second kappa shape index (κ2) is 8.33. The minimum atomic E-state index is -0.502. The van der Waals surface area contributed by atoms with Crippen molar-refractivity contribution in [2.24, 2.45) is 0 Å². The molecule has 2 heterocycles. The number of amides is 3. The third-order valence-corrected chi connectivity index (χ3v) is 4.29. The van der Waals surface area contributed by atoms with E-state index in [0.29, 0.717) is 31.6 Å². The molecule has 7 heteroatoms. The average Bonchev–Trinajstić information content (AvgIpc) is 3.37. The highest BCUT2D eigenvalue weighted by molar-refractivity contribution is 5.96. The molecule has 0 radical (unpaired) electrons. The Morgan fingerprint density at radius 3 is 2.54 bits per heavy atom. The Kier molecular flexibility index (Phi) is 5.68. The quantitative estimate of drug-likeness (QED) is 0.767. The van der Waals surface area contributed by atoms with Gasteiger partial charge in [-0.3, -0.25) is 14.4 Å². The maximum absolute atomic E-state index is 12.4. The predicted molar refractivity (Wildman–Crippen MR) is 94.6 cm³/mol. The van der Waals surface area contributed by atoms with Gasteiger partial charge in [0.05, 0.1) is 6.26 Å². The summed E-state index contributed by atoms with van der Waals surface area (Å²) in [6, 6.07) is 11.6. The molecule has 7 nitrogen and oxygen atoms in total. The molecule has 1 aromatic heterocycles. The SMILES string of the molecule is O=C(NCCNC(=O)[C@H]1CCCN1C(=O)c1ccco1)c1ccccc1. The Morgan fingerprint density at radius 1 is 1.04 bits per heavy atom. The number of nitrogens with one attached hydrogen (secondary N) is 2. The predicted octanol–water partition coefficient (Wildman–Crippen LogP) is 1.43. The van der Waals surface area contributed by atoms with Gasteiger partial charge in [0.1, 0.15) is 6.04 Å². The van der Waals surface area contributed by atoms with E-state index in [0.717, 1.165) is 6.42 Å². The number of benzene rings is 1. The van der Waals surface area contributed by atoms with Crippen LogP contribution in [0.25, 0.3) is 0 Å². The Hall–Kier alpha value is -3.09. The van der Waals surface area contributed by atoms with Crippen LogP contribution in [0, 0.1) is 0 Å².